The second-order valence-corrected chi connectivity index (χ2v) is 5.82. The van der Waals surface area contributed by atoms with Gasteiger partial charge in [-0.05, 0) is 49.9 Å². The molecule has 1 atom stereocenters. The molecule has 2 rings (SSSR count). The summed E-state index contributed by atoms with van der Waals surface area (Å²) in [5.41, 5.74) is 10.2. The summed E-state index contributed by atoms with van der Waals surface area (Å²) < 4.78 is 15.0. The summed E-state index contributed by atoms with van der Waals surface area (Å²) in [6, 6.07) is 4.59. The van der Waals surface area contributed by atoms with E-state index in [2.05, 4.69) is 12.0 Å². The third-order valence-corrected chi connectivity index (χ3v) is 4.21. The van der Waals surface area contributed by atoms with Crippen molar-refractivity contribution in [1.29, 1.82) is 0 Å². The maximum Gasteiger partial charge on any atom is 0.124 e. The van der Waals surface area contributed by atoms with Gasteiger partial charge in [0.2, 0.25) is 0 Å². The van der Waals surface area contributed by atoms with Crippen molar-refractivity contribution in [3.63, 3.8) is 0 Å². The summed E-state index contributed by atoms with van der Waals surface area (Å²) in [5.74, 6) is -0.327. The Hall–Kier alpha value is -1.39. The highest BCUT2D eigenvalue weighted by atomic mass is 35.5. The van der Waals surface area contributed by atoms with Crippen molar-refractivity contribution >= 4 is 11.6 Å². The molecule has 0 spiro atoms. The number of hydrogen-bond acceptors (Lipinski definition) is 2. The van der Waals surface area contributed by atoms with Crippen LogP contribution in [0.3, 0.4) is 0 Å². The summed E-state index contributed by atoms with van der Waals surface area (Å²) in [6.45, 7) is 6.65. The van der Waals surface area contributed by atoms with Crippen LogP contribution in [-0.4, -0.2) is 15.8 Å². The molecule has 0 bridgehead atoms. The number of rotatable bonds is 5. The van der Waals surface area contributed by atoms with Gasteiger partial charge in [0.25, 0.3) is 0 Å². The zero-order chi connectivity index (χ0) is 15.6. The fourth-order valence-electron chi connectivity index (χ4n) is 2.40. The summed E-state index contributed by atoms with van der Waals surface area (Å²) in [7, 11) is 0. The molecule has 5 heteroatoms. The second kappa shape index (κ2) is 6.58. The van der Waals surface area contributed by atoms with Gasteiger partial charge in [0.05, 0.1) is 12.2 Å². The maximum atomic E-state index is 13.1. The molecular formula is C16H21ClFN3. The number of nitrogens with two attached hydrogens (primary N) is 1. The molecule has 0 saturated carbocycles. The third-order valence-electron chi connectivity index (χ3n) is 3.86. The van der Waals surface area contributed by atoms with Crippen LogP contribution in [-0.2, 0) is 13.0 Å². The maximum absolute atomic E-state index is 13.1. The number of hydrogen-bond donors (Lipinski definition) is 1. The summed E-state index contributed by atoms with van der Waals surface area (Å²) in [5, 5.41) is 4.99. The van der Waals surface area contributed by atoms with Gasteiger partial charge in [0, 0.05) is 16.8 Å². The zero-order valence-electron chi connectivity index (χ0n) is 12.7. The van der Waals surface area contributed by atoms with Crippen LogP contribution < -0.4 is 5.73 Å². The molecule has 1 aromatic carbocycles. The Bertz CT molecular complexity index is 637. The molecule has 0 saturated heterocycles. The van der Waals surface area contributed by atoms with E-state index in [-0.39, 0.29) is 11.9 Å². The van der Waals surface area contributed by atoms with Gasteiger partial charge in [-0.2, -0.15) is 5.10 Å². The molecule has 0 aliphatic rings. The predicted octanol–water partition coefficient (Wildman–Crippen LogP) is 3.62. The van der Waals surface area contributed by atoms with Gasteiger partial charge in [-0.1, -0.05) is 24.6 Å². The van der Waals surface area contributed by atoms with Crippen LogP contribution in [0.4, 0.5) is 4.39 Å². The van der Waals surface area contributed by atoms with Gasteiger partial charge in [-0.25, -0.2) is 4.39 Å². The number of nitrogens with zero attached hydrogens (tertiary/aromatic N) is 2. The smallest absolute Gasteiger partial charge is 0.124 e. The Kier molecular flexibility index (Phi) is 5.01. The summed E-state index contributed by atoms with van der Waals surface area (Å²) in [6.07, 6.45) is 1.76. The van der Waals surface area contributed by atoms with Crippen LogP contribution in [0.15, 0.2) is 18.2 Å². The predicted molar refractivity (Wildman–Crippen MR) is 84.2 cm³/mol. The molecule has 2 N–H and O–H groups in total. The van der Waals surface area contributed by atoms with Crippen molar-refractivity contribution in [2.45, 2.75) is 46.2 Å². The normalized spacial score (nSPS) is 12.7. The zero-order valence-corrected chi connectivity index (χ0v) is 13.4. The molecule has 1 aromatic heterocycles. The van der Waals surface area contributed by atoms with E-state index in [9.17, 15) is 4.39 Å². The van der Waals surface area contributed by atoms with Gasteiger partial charge in [0.1, 0.15) is 5.82 Å². The molecule has 0 fully saturated rings. The summed E-state index contributed by atoms with van der Waals surface area (Å²) >= 11 is 6.08. The molecule has 114 valence electrons. The van der Waals surface area contributed by atoms with E-state index in [0.717, 1.165) is 29.8 Å². The second-order valence-electron chi connectivity index (χ2n) is 5.42. The lowest BCUT2D eigenvalue weighted by atomic mass is 10.0. The van der Waals surface area contributed by atoms with Crippen molar-refractivity contribution in [1.82, 2.24) is 9.78 Å². The molecule has 2 aromatic rings. The van der Waals surface area contributed by atoms with Crippen LogP contribution in [0, 0.1) is 19.7 Å². The lowest BCUT2D eigenvalue weighted by molar-refractivity contribution is 0.621. The van der Waals surface area contributed by atoms with Gasteiger partial charge < -0.3 is 5.73 Å². The third kappa shape index (κ3) is 3.63. The molecular weight excluding hydrogens is 289 g/mol. The van der Waals surface area contributed by atoms with E-state index < -0.39 is 0 Å². The highest BCUT2D eigenvalue weighted by molar-refractivity contribution is 6.31. The average Bonchev–Trinajstić information content (AvgIpc) is 2.69. The Balaban J connectivity index is 2.27. The average molecular weight is 310 g/mol. The highest BCUT2D eigenvalue weighted by Crippen LogP contribution is 2.21. The van der Waals surface area contributed by atoms with Gasteiger partial charge in [-0.15, -0.1) is 0 Å². The first kappa shape index (κ1) is 16.0. The number of aryl methyl sites for hydroxylation is 1. The number of aromatic nitrogens is 2. The van der Waals surface area contributed by atoms with Crippen molar-refractivity contribution in [3.05, 3.63) is 51.6 Å². The molecule has 0 radical (unpaired) electrons. The van der Waals surface area contributed by atoms with E-state index in [1.54, 1.807) is 6.07 Å². The first-order valence-electron chi connectivity index (χ1n) is 7.14. The van der Waals surface area contributed by atoms with Gasteiger partial charge in [-0.3, -0.25) is 4.68 Å². The standard InChI is InChI=1S/C16H21ClFN3/c1-4-14(19)8-15-10(2)20-21(11(15)3)9-12-5-6-13(18)7-16(12)17/h5-7,14H,4,8-9,19H2,1-3H3. The SMILES string of the molecule is CCC(N)Cc1c(C)nn(Cc2ccc(F)cc2Cl)c1C. The Morgan fingerprint density at radius 2 is 2.10 bits per heavy atom. The number of halogens is 2. The monoisotopic (exact) mass is 309 g/mol. The molecule has 21 heavy (non-hydrogen) atoms. The lowest BCUT2D eigenvalue weighted by Gasteiger charge is -2.10. The van der Waals surface area contributed by atoms with Crippen molar-refractivity contribution in [2.75, 3.05) is 0 Å². The first-order chi connectivity index (χ1) is 9.92. The molecule has 0 aliphatic carbocycles. The lowest BCUT2D eigenvalue weighted by Crippen LogP contribution is -2.22. The van der Waals surface area contributed by atoms with E-state index in [0.29, 0.717) is 11.6 Å². The van der Waals surface area contributed by atoms with Crippen LogP contribution >= 0.6 is 11.6 Å². The minimum Gasteiger partial charge on any atom is -0.327 e. The van der Waals surface area contributed by atoms with E-state index in [1.807, 2.05) is 18.5 Å². The Labute approximate surface area is 129 Å². The van der Waals surface area contributed by atoms with Crippen molar-refractivity contribution < 1.29 is 4.39 Å². The van der Waals surface area contributed by atoms with Crippen LogP contribution in [0.1, 0.15) is 35.9 Å². The van der Waals surface area contributed by atoms with Gasteiger partial charge in [0.15, 0.2) is 0 Å². The molecule has 0 amide bonds. The Morgan fingerprint density at radius 3 is 2.71 bits per heavy atom. The minimum absolute atomic E-state index is 0.148. The minimum atomic E-state index is -0.327. The first-order valence-corrected chi connectivity index (χ1v) is 7.52. The van der Waals surface area contributed by atoms with Gasteiger partial charge >= 0.3 is 0 Å². The Morgan fingerprint density at radius 1 is 1.38 bits per heavy atom. The highest BCUT2D eigenvalue weighted by Gasteiger charge is 2.15. The van der Waals surface area contributed by atoms with E-state index in [4.69, 9.17) is 17.3 Å². The van der Waals surface area contributed by atoms with Crippen LogP contribution in [0.25, 0.3) is 0 Å². The topological polar surface area (TPSA) is 43.8 Å². The van der Waals surface area contributed by atoms with E-state index >= 15 is 0 Å². The van der Waals surface area contributed by atoms with Crippen LogP contribution in [0.2, 0.25) is 5.02 Å². The molecule has 0 aliphatic heterocycles. The number of benzene rings is 1. The van der Waals surface area contributed by atoms with Crippen molar-refractivity contribution in [3.8, 4) is 0 Å². The molecule has 1 heterocycles. The molecule has 1 unspecified atom stereocenters. The van der Waals surface area contributed by atoms with Crippen molar-refractivity contribution in [2.24, 2.45) is 5.73 Å². The van der Waals surface area contributed by atoms with Crippen LogP contribution in [0.5, 0.6) is 0 Å². The fourth-order valence-corrected chi connectivity index (χ4v) is 2.63. The van der Waals surface area contributed by atoms with E-state index in [1.165, 1.54) is 17.7 Å². The largest absolute Gasteiger partial charge is 0.327 e. The quantitative estimate of drug-likeness (QED) is 0.916. The summed E-state index contributed by atoms with van der Waals surface area (Å²) in [4.78, 5) is 0. The molecule has 3 nitrogen and oxygen atoms in total. The fraction of sp³-hybridized carbons (Fsp3) is 0.438.